The Morgan fingerprint density at radius 3 is 2.71 bits per heavy atom. The van der Waals surface area contributed by atoms with Crippen molar-refractivity contribution >= 4 is 17.7 Å². The van der Waals surface area contributed by atoms with Crippen LogP contribution in [0.5, 0.6) is 5.75 Å². The third-order valence-corrected chi connectivity index (χ3v) is 3.57. The largest absolute Gasteiger partial charge is 0.505 e. The van der Waals surface area contributed by atoms with Gasteiger partial charge in [-0.15, -0.1) is 0 Å². The zero-order valence-corrected chi connectivity index (χ0v) is 11.6. The Kier molecular flexibility index (Phi) is 4.64. The lowest BCUT2D eigenvalue weighted by atomic mass is 10.1. The Bertz CT molecular complexity index is 546. The summed E-state index contributed by atoms with van der Waals surface area (Å²) >= 11 is 0. The number of carbonyl (C=O) groups excluding carboxylic acids is 1. The zero-order chi connectivity index (χ0) is 15.4. The fraction of sp³-hybridized carbons (Fsp3) is 0.429. The summed E-state index contributed by atoms with van der Waals surface area (Å²) in [5.41, 5.74) is -0.193. The predicted molar refractivity (Wildman–Crippen MR) is 75.7 cm³/mol. The highest BCUT2D eigenvalue weighted by Crippen LogP contribution is 2.27. The summed E-state index contributed by atoms with van der Waals surface area (Å²) < 4.78 is 5.23. The molecule has 1 aliphatic rings. The van der Waals surface area contributed by atoms with E-state index in [9.17, 15) is 14.7 Å². The number of hydrogen-bond acceptors (Lipinski definition) is 4. The van der Waals surface area contributed by atoms with Crippen LogP contribution in [0.15, 0.2) is 18.2 Å². The van der Waals surface area contributed by atoms with E-state index in [1.807, 2.05) is 0 Å². The van der Waals surface area contributed by atoms with Gasteiger partial charge in [-0.3, -0.25) is 0 Å². The number of rotatable bonds is 4. The number of carboxylic acid groups (broad SMARTS) is 1. The summed E-state index contributed by atoms with van der Waals surface area (Å²) in [4.78, 5) is 22.8. The maximum atomic E-state index is 11.9. The summed E-state index contributed by atoms with van der Waals surface area (Å²) in [5.74, 6) is -1.71. The van der Waals surface area contributed by atoms with Gasteiger partial charge in [0.1, 0.15) is 5.56 Å². The van der Waals surface area contributed by atoms with Crippen LogP contribution in [0.25, 0.3) is 0 Å². The first-order chi connectivity index (χ1) is 10.0. The molecule has 0 aliphatic heterocycles. The van der Waals surface area contributed by atoms with Gasteiger partial charge in [0.15, 0.2) is 5.75 Å². The summed E-state index contributed by atoms with van der Waals surface area (Å²) in [5, 5.41) is 24.0. The SMILES string of the molecule is COC1CCC(NC(=O)Nc2cccc(C(=O)O)c2O)C1. The molecule has 4 N–H and O–H groups in total. The van der Waals surface area contributed by atoms with Crippen molar-refractivity contribution in [3.8, 4) is 5.75 Å². The topological polar surface area (TPSA) is 108 Å². The summed E-state index contributed by atoms with van der Waals surface area (Å²) in [6, 6.07) is 3.69. The minimum Gasteiger partial charge on any atom is -0.505 e. The van der Waals surface area contributed by atoms with E-state index < -0.39 is 17.7 Å². The van der Waals surface area contributed by atoms with Crippen LogP contribution in [0.3, 0.4) is 0 Å². The molecule has 0 bridgehead atoms. The van der Waals surface area contributed by atoms with E-state index in [-0.39, 0.29) is 23.4 Å². The smallest absolute Gasteiger partial charge is 0.339 e. The maximum absolute atomic E-state index is 11.9. The first-order valence-corrected chi connectivity index (χ1v) is 6.67. The highest BCUT2D eigenvalue weighted by molar-refractivity contribution is 5.97. The van der Waals surface area contributed by atoms with Crippen LogP contribution in [0.4, 0.5) is 10.5 Å². The second kappa shape index (κ2) is 6.45. The molecule has 21 heavy (non-hydrogen) atoms. The van der Waals surface area contributed by atoms with Crippen LogP contribution in [0.1, 0.15) is 29.6 Å². The van der Waals surface area contributed by atoms with E-state index in [0.29, 0.717) is 0 Å². The van der Waals surface area contributed by atoms with Crippen LogP contribution in [0.2, 0.25) is 0 Å². The average molecular weight is 294 g/mol. The van der Waals surface area contributed by atoms with Crippen LogP contribution in [-0.2, 0) is 4.74 Å². The molecule has 1 fully saturated rings. The normalized spacial score (nSPS) is 21.0. The molecule has 7 heteroatoms. The minimum atomic E-state index is -1.25. The Hall–Kier alpha value is -2.28. The number of para-hydroxylation sites is 1. The van der Waals surface area contributed by atoms with Crippen LogP contribution >= 0.6 is 0 Å². The quantitative estimate of drug-likeness (QED) is 0.633. The highest BCUT2D eigenvalue weighted by Gasteiger charge is 2.26. The lowest BCUT2D eigenvalue weighted by Gasteiger charge is -2.14. The molecule has 1 aliphatic carbocycles. The van der Waals surface area contributed by atoms with Gasteiger partial charge in [0.05, 0.1) is 11.8 Å². The number of carboxylic acids is 1. The van der Waals surface area contributed by atoms with Gasteiger partial charge in [-0.2, -0.15) is 0 Å². The molecule has 0 radical (unpaired) electrons. The molecule has 7 nitrogen and oxygen atoms in total. The molecular weight excluding hydrogens is 276 g/mol. The second-order valence-electron chi connectivity index (χ2n) is 4.97. The molecule has 114 valence electrons. The number of hydrogen-bond donors (Lipinski definition) is 4. The van der Waals surface area contributed by atoms with E-state index in [1.165, 1.54) is 18.2 Å². The van der Waals surface area contributed by atoms with Crippen molar-refractivity contribution in [3.05, 3.63) is 23.8 Å². The van der Waals surface area contributed by atoms with Crippen molar-refractivity contribution in [3.63, 3.8) is 0 Å². The third-order valence-electron chi connectivity index (χ3n) is 3.57. The predicted octanol–water partition coefficient (Wildman–Crippen LogP) is 1.78. The molecular formula is C14H18N2O5. The standard InChI is InChI=1S/C14H18N2O5/c1-21-9-6-5-8(7-9)15-14(20)16-11-4-2-3-10(12(11)17)13(18)19/h2-4,8-9,17H,5-7H2,1H3,(H,18,19)(H2,15,16,20). The Labute approximate surface area is 121 Å². The number of methoxy groups -OCH3 is 1. The van der Waals surface area contributed by atoms with E-state index in [2.05, 4.69) is 10.6 Å². The number of carbonyl (C=O) groups is 2. The Morgan fingerprint density at radius 2 is 2.10 bits per heavy atom. The molecule has 2 amide bonds. The van der Waals surface area contributed by atoms with Gasteiger partial charge in [-0.25, -0.2) is 9.59 Å². The highest BCUT2D eigenvalue weighted by atomic mass is 16.5. The van der Waals surface area contributed by atoms with Crippen LogP contribution in [-0.4, -0.2) is 41.5 Å². The van der Waals surface area contributed by atoms with Gasteiger partial charge >= 0.3 is 12.0 Å². The molecule has 1 aromatic rings. The molecule has 0 aromatic heterocycles. The number of benzene rings is 1. The fourth-order valence-corrected chi connectivity index (χ4v) is 2.45. The number of ether oxygens (including phenoxy) is 1. The first kappa shape index (κ1) is 15.1. The first-order valence-electron chi connectivity index (χ1n) is 6.67. The third kappa shape index (κ3) is 3.63. The number of aromatic hydroxyl groups is 1. The van der Waals surface area contributed by atoms with Crippen molar-refractivity contribution in [1.29, 1.82) is 0 Å². The molecule has 0 saturated heterocycles. The van der Waals surface area contributed by atoms with Gasteiger partial charge in [0.2, 0.25) is 0 Å². The van der Waals surface area contributed by atoms with Crippen molar-refractivity contribution in [2.75, 3.05) is 12.4 Å². The van der Waals surface area contributed by atoms with Crippen molar-refractivity contribution in [2.24, 2.45) is 0 Å². The number of amides is 2. The molecule has 2 atom stereocenters. The number of phenols is 1. The van der Waals surface area contributed by atoms with Gasteiger partial charge in [0, 0.05) is 13.2 Å². The van der Waals surface area contributed by atoms with Crippen molar-refractivity contribution in [2.45, 2.75) is 31.4 Å². The number of aromatic carboxylic acids is 1. The van der Waals surface area contributed by atoms with Crippen molar-refractivity contribution < 1.29 is 24.5 Å². The molecule has 0 spiro atoms. The molecule has 0 heterocycles. The number of nitrogens with one attached hydrogen (secondary N) is 2. The summed E-state index contributed by atoms with van der Waals surface area (Å²) in [7, 11) is 1.64. The van der Waals surface area contributed by atoms with E-state index in [4.69, 9.17) is 9.84 Å². The Balaban J connectivity index is 1.97. The summed E-state index contributed by atoms with van der Waals surface area (Å²) in [6.45, 7) is 0. The lowest BCUT2D eigenvalue weighted by Crippen LogP contribution is -2.36. The lowest BCUT2D eigenvalue weighted by molar-refractivity contribution is 0.0693. The molecule has 2 unspecified atom stereocenters. The van der Waals surface area contributed by atoms with Gasteiger partial charge in [-0.1, -0.05) is 6.07 Å². The van der Waals surface area contributed by atoms with Gasteiger partial charge in [-0.05, 0) is 31.4 Å². The van der Waals surface area contributed by atoms with E-state index in [0.717, 1.165) is 19.3 Å². The number of anilines is 1. The molecule has 1 aromatic carbocycles. The van der Waals surface area contributed by atoms with Gasteiger partial charge < -0.3 is 25.6 Å². The number of urea groups is 1. The zero-order valence-electron chi connectivity index (χ0n) is 11.6. The fourth-order valence-electron chi connectivity index (χ4n) is 2.45. The van der Waals surface area contributed by atoms with Crippen LogP contribution < -0.4 is 10.6 Å². The molecule has 1 saturated carbocycles. The van der Waals surface area contributed by atoms with E-state index in [1.54, 1.807) is 7.11 Å². The summed E-state index contributed by atoms with van der Waals surface area (Å²) in [6.07, 6.45) is 2.61. The monoisotopic (exact) mass is 294 g/mol. The Morgan fingerprint density at radius 1 is 1.33 bits per heavy atom. The van der Waals surface area contributed by atoms with Crippen LogP contribution in [0, 0.1) is 0 Å². The van der Waals surface area contributed by atoms with Crippen molar-refractivity contribution in [1.82, 2.24) is 5.32 Å². The minimum absolute atomic E-state index is 0.0137. The van der Waals surface area contributed by atoms with Gasteiger partial charge in [0.25, 0.3) is 0 Å². The second-order valence-corrected chi connectivity index (χ2v) is 4.97. The average Bonchev–Trinajstić information content (AvgIpc) is 2.88. The maximum Gasteiger partial charge on any atom is 0.339 e. The molecule has 2 rings (SSSR count). The van der Waals surface area contributed by atoms with E-state index >= 15 is 0 Å².